The van der Waals surface area contributed by atoms with Crippen molar-refractivity contribution >= 4 is 11.6 Å². The van der Waals surface area contributed by atoms with Crippen molar-refractivity contribution in [2.75, 3.05) is 38.1 Å². The van der Waals surface area contributed by atoms with Gasteiger partial charge in [-0.1, -0.05) is 0 Å². The van der Waals surface area contributed by atoms with Crippen LogP contribution in [0.25, 0.3) is 0 Å². The Hall–Kier alpha value is -1.59. The second-order valence-corrected chi connectivity index (χ2v) is 4.28. The summed E-state index contributed by atoms with van der Waals surface area (Å²) in [6.07, 6.45) is 0. The van der Waals surface area contributed by atoms with E-state index in [1.807, 2.05) is 12.1 Å². The molecule has 0 saturated carbocycles. The van der Waals surface area contributed by atoms with Gasteiger partial charge in [-0.2, -0.15) is 0 Å². The average molecular weight is 235 g/mol. The molecule has 1 aliphatic rings. The third-order valence-corrected chi connectivity index (χ3v) is 3.10. The Kier molecular flexibility index (Phi) is 3.61. The van der Waals surface area contributed by atoms with Crippen molar-refractivity contribution in [2.45, 2.75) is 0 Å². The van der Waals surface area contributed by atoms with Gasteiger partial charge in [0, 0.05) is 37.4 Å². The van der Waals surface area contributed by atoms with E-state index in [2.05, 4.69) is 16.8 Å². The maximum Gasteiger partial charge on any atom is 0.274 e. The number of amides is 1. The van der Waals surface area contributed by atoms with E-state index in [1.54, 1.807) is 17.6 Å². The Labute approximate surface area is 101 Å². The molecule has 1 heterocycles. The summed E-state index contributed by atoms with van der Waals surface area (Å²) in [5.74, 6) is -0.477. The summed E-state index contributed by atoms with van der Waals surface area (Å²) >= 11 is 0. The van der Waals surface area contributed by atoms with Crippen LogP contribution in [0, 0.1) is 0 Å². The third-order valence-electron chi connectivity index (χ3n) is 3.10. The maximum absolute atomic E-state index is 11.2. The molecule has 2 rings (SSSR count). The van der Waals surface area contributed by atoms with E-state index in [4.69, 9.17) is 5.21 Å². The van der Waals surface area contributed by atoms with Gasteiger partial charge in [0.25, 0.3) is 5.91 Å². The van der Waals surface area contributed by atoms with E-state index in [0.717, 1.165) is 31.9 Å². The van der Waals surface area contributed by atoms with E-state index in [-0.39, 0.29) is 0 Å². The minimum Gasteiger partial charge on any atom is -0.369 e. The zero-order chi connectivity index (χ0) is 12.3. The highest BCUT2D eigenvalue weighted by Gasteiger charge is 2.14. The second-order valence-electron chi connectivity index (χ2n) is 4.28. The first-order valence-electron chi connectivity index (χ1n) is 5.68. The van der Waals surface area contributed by atoms with Gasteiger partial charge in [-0.25, -0.2) is 5.48 Å². The highest BCUT2D eigenvalue weighted by atomic mass is 16.5. The molecule has 0 aliphatic carbocycles. The molecule has 1 saturated heterocycles. The number of likely N-dealkylation sites (N-methyl/N-ethyl adjacent to an activating group) is 1. The molecule has 1 aromatic carbocycles. The van der Waals surface area contributed by atoms with Crippen LogP contribution in [0.1, 0.15) is 10.4 Å². The van der Waals surface area contributed by atoms with Crippen molar-refractivity contribution in [3.63, 3.8) is 0 Å². The van der Waals surface area contributed by atoms with Crippen LogP contribution in [-0.4, -0.2) is 49.2 Å². The molecule has 0 aromatic heterocycles. The zero-order valence-corrected chi connectivity index (χ0v) is 9.89. The van der Waals surface area contributed by atoms with Gasteiger partial charge in [0.15, 0.2) is 0 Å². The normalized spacial score (nSPS) is 16.9. The minimum atomic E-state index is -0.477. The quantitative estimate of drug-likeness (QED) is 0.581. The van der Waals surface area contributed by atoms with Gasteiger partial charge >= 0.3 is 0 Å². The van der Waals surface area contributed by atoms with Crippen molar-refractivity contribution in [1.82, 2.24) is 10.4 Å². The van der Waals surface area contributed by atoms with Crippen LogP contribution in [0.15, 0.2) is 24.3 Å². The number of hydrogen-bond acceptors (Lipinski definition) is 4. The maximum atomic E-state index is 11.2. The number of carbonyl (C=O) groups is 1. The summed E-state index contributed by atoms with van der Waals surface area (Å²) in [5.41, 5.74) is 3.21. The summed E-state index contributed by atoms with van der Waals surface area (Å²) < 4.78 is 0. The Morgan fingerprint density at radius 2 is 1.76 bits per heavy atom. The van der Waals surface area contributed by atoms with Crippen LogP contribution in [0.5, 0.6) is 0 Å². The first-order chi connectivity index (χ1) is 8.20. The predicted molar refractivity (Wildman–Crippen MR) is 65.4 cm³/mol. The Balaban J connectivity index is 2.05. The Morgan fingerprint density at radius 3 is 2.29 bits per heavy atom. The van der Waals surface area contributed by atoms with E-state index in [9.17, 15) is 4.79 Å². The summed E-state index contributed by atoms with van der Waals surface area (Å²) in [4.78, 5) is 15.8. The first-order valence-corrected chi connectivity index (χ1v) is 5.68. The molecule has 5 nitrogen and oxygen atoms in total. The lowest BCUT2D eigenvalue weighted by Gasteiger charge is -2.34. The van der Waals surface area contributed by atoms with Crippen molar-refractivity contribution in [3.8, 4) is 0 Å². The Morgan fingerprint density at radius 1 is 1.18 bits per heavy atom. The standard InChI is InChI=1S/C12H17N3O2/c1-14-6-8-15(9-7-14)11-4-2-10(3-5-11)12(16)13-17/h2-5,17H,6-9H2,1H3,(H,13,16). The van der Waals surface area contributed by atoms with Gasteiger partial charge in [0.2, 0.25) is 0 Å². The van der Waals surface area contributed by atoms with Crippen LogP contribution in [0.2, 0.25) is 0 Å². The van der Waals surface area contributed by atoms with Gasteiger partial charge in [-0.15, -0.1) is 0 Å². The summed E-state index contributed by atoms with van der Waals surface area (Å²) in [7, 11) is 2.12. The molecule has 5 heteroatoms. The van der Waals surface area contributed by atoms with Gasteiger partial charge in [-0.05, 0) is 31.3 Å². The number of carbonyl (C=O) groups excluding carboxylic acids is 1. The molecule has 17 heavy (non-hydrogen) atoms. The third kappa shape index (κ3) is 2.75. The highest BCUT2D eigenvalue weighted by Crippen LogP contribution is 2.16. The lowest BCUT2D eigenvalue weighted by molar-refractivity contribution is 0.0706. The van der Waals surface area contributed by atoms with E-state index >= 15 is 0 Å². The molecule has 1 aliphatic heterocycles. The van der Waals surface area contributed by atoms with Crippen LogP contribution >= 0.6 is 0 Å². The number of anilines is 1. The van der Waals surface area contributed by atoms with E-state index in [1.165, 1.54) is 0 Å². The van der Waals surface area contributed by atoms with Gasteiger partial charge in [-0.3, -0.25) is 10.0 Å². The number of hydroxylamine groups is 1. The SMILES string of the molecule is CN1CCN(c2ccc(C(=O)NO)cc2)CC1. The van der Waals surface area contributed by atoms with Crippen molar-refractivity contribution in [1.29, 1.82) is 0 Å². The molecule has 0 atom stereocenters. The van der Waals surface area contributed by atoms with E-state index in [0.29, 0.717) is 5.56 Å². The fourth-order valence-corrected chi connectivity index (χ4v) is 1.95. The Bertz CT molecular complexity index is 383. The van der Waals surface area contributed by atoms with Crippen LogP contribution < -0.4 is 10.4 Å². The summed E-state index contributed by atoms with van der Waals surface area (Å²) in [6, 6.07) is 7.27. The number of hydrogen-bond donors (Lipinski definition) is 2. The van der Waals surface area contributed by atoms with Crippen molar-refractivity contribution in [3.05, 3.63) is 29.8 Å². The molecule has 92 valence electrons. The largest absolute Gasteiger partial charge is 0.369 e. The average Bonchev–Trinajstić information content (AvgIpc) is 2.39. The fourth-order valence-electron chi connectivity index (χ4n) is 1.95. The lowest BCUT2D eigenvalue weighted by atomic mass is 10.1. The van der Waals surface area contributed by atoms with Gasteiger partial charge in [0.1, 0.15) is 0 Å². The molecule has 0 unspecified atom stereocenters. The summed E-state index contributed by atoms with van der Waals surface area (Å²) in [5, 5.41) is 8.52. The van der Waals surface area contributed by atoms with Crippen molar-refractivity contribution in [2.24, 2.45) is 0 Å². The predicted octanol–water partition coefficient (Wildman–Crippen LogP) is 0.557. The molecule has 1 amide bonds. The molecule has 0 bridgehead atoms. The van der Waals surface area contributed by atoms with Crippen LogP contribution in [0.3, 0.4) is 0 Å². The molecular formula is C12H17N3O2. The first kappa shape index (κ1) is 11.9. The number of nitrogens with one attached hydrogen (secondary N) is 1. The van der Waals surface area contributed by atoms with Crippen LogP contribution in [0.4, 0.5) is 5.69 Å². The molecular weight excluding hydrogens is 218 g/mol. The monoisotopic (exact) mass is 235 g/mol. The molecule has 0 radical (unpaired) electrons. The summed E-state index contributed by atoms with van der Waals surface area (Å²) in [6.45, 7) is 4.11. The number of rotatable bonds is 2. The zero-order valence-electron chi connectivity index (χ0n) is 9.89. The number of nitrogens with zero attached hydrogens (tertiary/aromatic N) is 2. The second kappa shape index (κ2) is 5.16. The molecule has 2 N–H and O–H groups in total. The molecule has 0 spiro atoms. The van der Waals surface area contributed by atoms with Gasteiger partial charge in [0.05, 0.1) is 0 Å². The van der Waals surface area contributed by atoms with E-state index < -0.39 is 5.91 Å². The van der Waals surface area contributed by atoms with Crippen LogP contribution in [-0.2, 0) is 0 Å². The molecule has 1 aromatic rings. The number of benzene rings is 1. The minimum absolute atomic E-state index is 0.463. The smallest absolute Gasteiger partial charge is 0.274 e. The lowest BCUT2D eigenvalue weighted by Crippen LogP contribution is -2.44. The number of piperazine rings is 1. The molecule has 1 fully saturated rings. The van der Waals surface area contributed by atoms with Crippen molar-refractivity contribution < 1.29 is 10.0 Å². The highest BCUT2D eigenvalue weighted by molar-refractivity contribution is 5.93. The fraction of sp³-hybridized carbons (Fsp3) is 0.417. The van der Waals surface area contributed by atoms with Gasteiger partial charge < -0.3 is 9.80 Å². The topological polar surface area (TPSA) is 55.8 Å².